The Kier molecular flexibility index (Phi) is 32.3. The molecule has 370 valence electrons. The molecule has 3 aromatic rings. The predicted molar refractivity (Wildman–Crippen MR) is 236 cm³/mol. The molecule has 0 spiro atoms. The monoisotopic (exact) mass is 934 g/mol. The maximum atomic E-state index is 11.9. The Morgan fingerprint density at radius 1 is 0.462 bits per heavy atom. The predicted octanol–water partition coefficient (Wildman–Crippen LogP) is 5.22. The molecule has 0 unspecified atom stereocenters. The van der Waals surface area contributed by atoms with Gasteiger partial charge in [-0.1, -0.05) is 12.1 Å². The summed E-state index contributed by atoms with van der Waals surface area (Å²) in [7, 11) is 4.03. The summed E-state index contributed by atoms with van der Waals surface area (Å²) in [4.78, 5) is 6.59. The number of hydrogen-bond donors (Lipinski definition) is 0. The second kappa shape index (κ2) is 37.6. The van der Waals surface area contributed by atoms with Gasteiger partial charge in [0.2, 0.25) is 5.89 Å². The summed E-state index contributed by atoms with van der Waals surface area (Å²) in [5.74, 6) is 1.22. The summed E-state index contributed by atoms with van der Waals surface area (Å²) in [6.07, 6.45) is -0.494. The second-order valence-corrected chi connectivity index (χ2v) is 13.9. The minimum atomic E-state index is -4.32. The Hall–Kier alpha value is -3.48. The van der Waals surface area contributed by atoms with Crippen LogP contribution in [0.15, 0.2) is 46.9 Å². The van der Waals surface area contributed by atoms with Gasteiger partial charge in [0.1, 0.15) is 24.5 Å². The largest absolute Gasteiger partial charge is 0.491 e. The van der Waals surface area contributed by atoms with Crippen LogP contribution >= 0.6 is 0 Å². The van der Waals surface area contributed by atoms with Crippen molar-refractivity contribution >= 4 is 28.9 Å². The van der Waals surface area contributed by atoms with E-state index in [1.807, 2.05) is 44.4 Å². The van der Waals surface area contributed by atoms with Crippen molar-refractivity contribution in [2.75, 3.05) is 197 Å². The first-order valence-electron chi connectivity index (χ1n) is 21.9. The molecule has 1 heterocycles. The van der Waals surface area contributed by atoms with Crippen molar-refractivity contribution in [3.05, 3.63) is 53.9 Å². The van der Waals surface area contributed by atoms with Crippen molar-refractivity contribution < 1.29 is 83.9 Å². The average Bonchev–Trinajstić information content (AvgIpc) is 3.71. The average molecular weight is 935 g/mol. The Labute approximate surface area is 380 Å². The highest BCUT2D eigenvalue weighted by Crippen LogP contribution is 2.23. The van der Waals surface area contributed by atoms with E-state index in [0.717, 1.165) is 16.8 Å². The summed E-state index contributed by atoms with van der Waals surface area (Å²) >= 11 is 0. The van der Waals surface area contributed by atoms with E-state index in [1.54, 1.807) is 0 Å². The van der Waals surface area contributed by atoms with Gasteiger partial charge in [-0.25, -0.2) is 4.98 Å². The lowest BCUT2D eigenvalue weighted by Crippen LogP contribution is -2.19. The lowest BCUT2D eigenvalue weighted by molar-refractivity contribution is -0.176. The number of hydrogen-bond acceptors (Lipinski definition) is 17. The Morgan fingerprint density at radius 2 is 0.815 bits per heavy atom. The van der Waals surface area contributed by atoms with E-state index < -0.39 is 12.8 Å². The van der Waals surface area contributed by atoms with Crippen LogP contribution in [0, 0.1) is 0 Å². The molecule has 1 aromatic heterocycles. The number of anilines is 1. The number of fused-ring (bicyclic) bond motifs is 1. The summed E-state index contributed by atoms with van der Waals surface area (Å²) in [5, 5.41) is 0. The van der Waals surface area contributed by atoms with E-state index in [4.69, 9.17) is 66.0 Å². The van der Waals surface area contributed by atoms with E-state index >= 15 is 0 Å². The molecule has 2 aromatic carbocycles. The number of rotatable bonds is 44. The van der Waals surface area contributed by atoms with Gasteiger partial charge in [-0.15, -0.1) is 0 Å². The highest BCUT2D eigenvalue weighted by atomic mass is 19.4. The number of alkyl halides is 3. The lowest BCUT2D eigenvalue weighted by Gasteiger charge is -2.11. The van der Waals surface area contributed by atoms with Gasteiger partial charge in [0.25, 0.3) is 0 Å². The molecule has 17 nitrogen and oxygen atoms in total. The normalized spacial score (nSPS) is 12.0. The van der Waals surface area contributed by atoms with Crippen molar-refractivity contribution in [2.45, 2.75) is 6.18 Å². The Morgan fingerprint density at radius 3 is 1.17 bits per heavy atom. The molecule has 0 aliphatic heterocycles. The van der Waals surface area contributed by atoms with Crippen LogP contribution in [0.25, 0.3) is 23.3 Å². The van der Waals surface area contributed by atoms with Crippen LogP contribution in [0.3, 0.4) is 0 Å². The molecular weight excluding hydrogens is 865 g/mol. The third kappa shape index (κ3) is 31.2. The number of oxazole rings is 1. The number of nitrogens with zero attached hydrogens (tertiary/aromatic N) is 2. The van der Waals surface area contributed by atoms with Crippen molar-refractivity contribution in [2.24, 2.45) is 0 Å². The van der Waals surface area contributed by atoms with Crippen LogP contribution < -0.4 is 9.64 Å². The van der Waals surface area contributed by atoms with Crippen LogP contribution in [-0.4, -0.2) is 204 Å². The zero-order valence-electron chi connectivity index (χ0n) is 37.9. The minimum Gasteiger partial charge on any atom is -0.491 e. The van der Waals surface area contributed by atoms with E-state index in [2.05, 4.69) is 38.9 Å². The van der Waals surface area contributed by atoms with Crippen molar-refractivity contribution in [3.8, 4) is 5.75 Å². The van der Waals surface area contributed by atoms with Crippen LogP contribution in [0.2, 0.25) is 0 Å². The second-order valence-electron chi connectivity index (χ2n) is 13.9. The summed E-state index contributed by atoms with van der Waals surface area (Å²) in [5.41, 5.74) is 3.63. The van der Waals surface area contributed by atoms with Gasteiger partial charge in [-0.3, -0.25) is 0 Å². The van der Waals surface area contributed by atoms with Gasteiger partial charge >= 0.3 is 6.18 Å². The first kappa shape index (κ1) is 55.8. The SMILES string of the molecule is CN(C)c1ccc(C=Cc2nc3ccc(OCCOCCOCCOCCOCCOCCOCCOCCOCCOCCOCCOCCOCCOCC(F)(F)F)cc3o2)cc1. The third-order valence-corrected chi connectivity index (χ3v) is 8.43. The van der Waals surface area contributed by atoms with Crippen molar-refractivity contribution in [3.63, 3.8) is 0 Å². The highest BCUT2D eigenvalue weighted by Gasteiger charge is 2.27. The van der Waals surface area contributed by atoms with E-state index in [9.17, 15) is 13.2 Å². The van der Waals surface area contributed by atoms with Gasteiger partial charge < -0.3 is 75.6 Å². The maximum Gasteiger partial charge on any atom is 0.411 e. The lowest BCUT2D eigenvalue weighted by atomic mass is 10.2. The molecular formula is C45H69F3N2O15. The molecule has 0 N–H and O–H groups in total. The van der Waals surface area contributed by atoms with Crippen molar-refractivity contribution in [1.82, 2.24) is 4.98 Å². The van der Waals surface area contributed by atoms with Crippen LogP contribution in [-0.2, 0) is 61.6 Å². The van der Waals surface area contributed by atoms with Gasteiger partial charge in [0, 0.05) is 31.9 Å². The molecule has 65 heavy (non-hydrogen) atoms. The Bertz CT molecular complexity index is 1580. The number of aromatic nitrogens is 1. The molecule has 0 radical (unpaired) electrons. The molecule has 0 saturated heterocycles. The van der Waals surface area contributed by atoms with E-state index in [-0.39, 0.29) is 19.8 Å². The van der Waals surface area contributed by atoms with Gasteiger partial charge in [0.15, 0.2) is 5.58 Å². The molecule has 3 rings (SSSR count). The third-order valence-electron chi connectivity index (χ3n) is 8.43. The maximum absolute atomic E-state index is 11.9. The Balaban J connectivity index is 0.946. The first-order chi connectivity index (χ1) is 31.8. The highest BCUT2D eigenvalue weighted by molar-refractivity contribution is 5.77. The van der Waals surface area contributed by atoms with Gasteiger partial charge in [0.05, 0.1) is 165 Å². The van der Waals surface area contributed by atoms with Crippen molar-refractivity contribution in [1.29, 1.82) is 0 Å². The summed E-state index contributed by atoms with van der Waals surface area (Å²) < 4.78 is 117. The molecule has 0 atom stereocenters. The van der Waals surface area contributed by atoms with E-state index in [0.29, 0.717) is 169 Å². The zero-order chi connectivity index (χ0) is 46.3. The molecule has 0 aliphatic rings. The molecule has 0 saturated carbocycles. The summed E-state index contributed by atoms with van der Waals surface area (Å²) in [6.45, 7) is 9.14. The van der Waals surface area contributed by atoms with Crippen LogP contribution in [0.5, 0.6) is 5.75 Å². The van der Waals surface area contributed by atoms with Gasteiger partial charge in [-0.05, 0) is 35.9 Å². The zero-order valence-corrected chi connectivity index (χ0v) is 37.9. The fraction of sp³-hybridized carbons (Fsp3) is 0.667. The van der Waals surface area contributed by atoms with E-state index in [1.165, 1.54) is 0 Å². The number of halogens is 3. The fourth-order valence-electron chi connectivity index (χ4n) is 5.18. The molecule has 0 amide bonds. The fourth-order valence-corrected chi connectivity index (χ4v) is 5.18. The smallest absolute Gasteiger partial charge is 0.411 e. The van der Waals surface area contributed by atoms with Gasteiger partial charge in [-0.2, -0.15) is 13.2 Å². The topological polar surface area (TPSA) is 158 Å². The molecule has 0 fully saturated rings. The summed E-state index contributed by atoms with van der Waals surface area (Å²) in [6, 6.07) is 13.8. The molecule has 0 bridgehead atoms. The first-order valence-corrected chi connectivity index (χ1v) is 21.9. The molecule has 20 heteroatoms. The molecule has 0 aliphatic carbocycles. The van der Waals surface area contributed by atoms with Crippen LogP contribution in [0.4, 0.5) is 18.9 Å². The minimum absolute atomic E-state index is 0.0767. The standard InChI is InChI=1S/C45H69F3N2O15/c1-50(2)40-6-3-39(4-7-40)5-10-44-49-42-9-8-41(37-43(42)65-44)64-36-35-62-32-31-60-28-27-58-24-23-56-20-19-54-16-15-52-12-11-51-13-14-53-17-18-55-21-22-57-25-26-59-29-30-61-33-34-63-38-45(46,47)48/h3-10,37H,11-36,38H2,1-2H3. The van der Waals surface area contributed by atoms with Crippen LogP contribution in [0.1, 0.15) is 11.5 Å². The number of ether oxygens (including phenoxy) is 14. The quantitative estimate of drug-likeness (QED) is 0.0679. The number of benzene rings is 2.